The lowest BCUT2D eigenvalue weighted by atomic mass is 10.1. The van der Waals surface area contributed by atoms with E-state index in [1.807, 2.05) is 25.8 Å². The third-order valence-electron chi connectivity index (χ3n) is 3.96. The molecule has 0 unspecified atom stereocenters. The van der Waals surface area contributed by atoms with Crippen LogP contribution in [-0.4, -0.2) is 42.9 Å². The third kappa shape index (κ3) is 4.00. The van der Waals surface area contributed by atoms with E-state index in [9.17, 15) is 4.79 Å². The van der Waals surface area contributed by atoms with E-state index < -0.39 is 0 Å². The maximum atomic E-state index is 11.6. The second-order valence-electron chi connectivity index (χ2n) is 6.60. The molecule has 0 bridgehead atoms. The molecule has 1 aliphatic rings. The zero-order chi connectivity index (χ0) is 16.3. The van der Waals surface area contributed by atoms with E-state index in [0.29, 0.717) is 12.5 Å². The number of carbonyl (C=O) groups is 1. The van der Waals surface area contributed by atoms with Crippen LogP contribution in [0.2, 0.25) is 0 Å². The van der Waals surface area contributed by atoms with Gasteiger partial charge in [-0.25, -0.2) is 0 Å². The van der Waals surface area contributed by atoms with Crippen LogP contribution in [0.3, 0.4) is 0 Å². The van der Waals surface area contributed by atoms with Crippen LogP contribution >= 0.6 is 0 Å². The van der Waals surface area contributed by atoms with Gasteiger partial charge in [0.25, 0.3) is 0 Å². The lowest BCUT2D eigenvalue weighted by Crippen LogP contribution is -2.32. The fourth-order valence-corrected chi connectivity index (χ4v) is 2.75. The summed E-state index contributed by atoms with van der Waals surface area (Å²) < 4.78 is 1.95. The third-order valence-corrected chi connectivity index (χ3v) is 3.96. The lowest BCUT2D eigenvalue weighted by Gasteiger charge is -2.16. The van der Waals surface area contributed by atoms with Crippen molar-refractivity contribution in [2.75, 3.05) is 32.1 Å². The van der Waals surface area contributed by atoms with Crippen LogP contribution in [0.5, 0.6) is 0 Å². The van der Waals surface area contributed by atoms with Crippen LogP contribution in [0.1, 0.15) is 43.9 Å². The zero-order valence-electron chi connectivity index (χ0n) is 14.4. The fourth-order valence-electron chi connectivity index (χ4n) is 2.75. The van der Waals surface area contributed by atoms with Gasteiger partial charge in [0, 0.05) is 52.3 Å². The maximum Gasteiger partial charge on any atom is 0.223 e. The molecule has 0 aromatic carbocycles. The quantitative estimate of drug-likeness (QED) is 0.709. The molecule has 1 aliphatic carbocycles. The molecule has 0 spiro atoms. The molecule has 6 nitrogen and oxygen atoms in total. The Morgan fingerprint density at radius 2 is 2.05 bits per heavy atom. The number of aromatic nitrogens is 2. The normalized spacial score (nSPS) is 14.5. The highest BCUT2D eigenvalue weighted by Crippen LogP contribution is 2.28. The van der Waals surface area contributed by atoms with E-state index in [-0.39, 0.29) is 11.8 Å². The van der Waals surface area contributed by atoms with Gasteiger partial charge < -0.3 is 15.5 Å². The van der Waals surface area contributed by atoms with Crippen LogP contribution in [0, 0.1) is 5.92 Å². The number of rotatable bonds is 8. The van der Waals surface area contributed by atoms with Crippen molar-refractivity contribution in [3.63, 3.8) is 0 Å². The summed E-state index contributed by atoms with van der Waals surface area (Å²) in [4.78, 5) is 13.7. The molecule has 2 N–H and O–H groups in total. The Hall–Kier alpha value is -1.56. The van der Waals surface area contributed by atoms with Crippen LogP contribution in [-0.2, 0) is 18.4 Å². The highest BCUT2D eigenvalue weighted by molar-refractivity contribution is 5.80. The van der Waals surface area contributed by atoms with E-state index >= 15 is 0 Å². The maximum absolute atomic E-state index is 11.6. The average Bonchev–Trinajstić information content (AvgIpc) is 3.22. The zero-order valence-corrected chi connectivity index (χ0v) is 14.4. The Labute approximate surface area is 133 Å². The first kappa shape index (κ1) is 16.8. The van der Waals surface area contributed by atoms with Crippen molar-refractivity contribution >= 4 is 11.7 Å². The van der Waals surface area contributed by atoms with Crippen molar-refractivity contribution in [2.45, 2.75) is 39.2 Å². The van der Waals surface area contributed by atoms with E-state index in [1.165, 1.54) is 5.56 Å². The van der Waals surface area contributed by atoms with E-state index in [2.05, 4.69) is 34.5 Å². The number of carbonyl (C=O) groups excluding carboxylic acids is 1. The lowest BCUT2D eigenvalue weighted by molar-refractivity contribution is -0.122. The number of hydrogen-bond acceptors (Lipinski definition) is 4. The molecule has 6 heteroatoms. The van der Waals surface area contributed by atoms with Crippen LogP contribution < -0.4 is 15.5 Å². The largest absolute Gasteiger partial charge is 0.363 e. The molecule has 0 saturated heterocycles. The fraction of sp³-hybridized carbons (Fsp3) is 0.750. The van der Waals surface area contributed by atoms with Gasteiger partial charge in [0.1, 0.15) is 5.82 Å². The summed E-state index contributed by atoms with van der Waals surface area (Å²) >= 11 is 0. The predicted octanol–water partition coefficient (Wildman–Crippen LogP) is 1.23. The Bertz CT molecular complexity index is 517. The highest BCUT2D eigenvalue weighted by atomic mass is 16.2. The van der Waals surface area contributed by atoms with E-state index in [1.54, 1.807) is 0 Å². The van der Waals surface area contributed by atoms with Crippen LogP contribution in [0.4, 0.5) is 5.82 Å². The molecule has 0 atom stereocenters. The van der Waals surface area contributed by atoms with Gasteiger partial charge >= 0.3 is 0 Å². The molecule has 0 aliphatic heterocycles. The highest BCUT2D eigenvalue weighted by Gasteiger charge is 2.29. The second-order valence-corrected chi connectivity index (χ2v) is 6.60. The topological polar surface area (TPSA) is 62.2 Å². The van der Waals surface area contributed by atoms with E-state index in [0.717, 1.165) is 37.4 Å². The molecule has 1 amide bonds. The van der Waals surface area contributed by atoms with Crippen molar-refractivity contribution in [3.8, 4) is 0 Å². The molecular formula is C16H29N5O. The first-order valence-electron chi connectivity index (χ1n) is 8.13. The van der Waals surface area contributed by atoms with Crippen molar-refractivity contribution in [1.29, 1.82) is 0 Å². The van der Waals surface area contributed by atoms with Gasteiger partial charge in [0.15, 0.2) is 0 Å². The van der Waals surface area contributed by atoms with Crippen molar-refractivity contribution in [1.82, 2.24) is 20.4 Å². The SMILES string of the molecule is CC(C)c1nn(C)c(N(C)C)c1CNCCNC(=O)C1CC1. The summed E-state index contributed by atoms with van der Waals surface area (Å²) in [6, 6.07) is 0. The molecule has 124 valence electrons. The molecular weight excluding hydrogens is 278 g/mol. The Morgan fingerprint density at radius 1 is 1.36 bits per heavy atom. The van der Waals surface area contributed by atoms with Crippen molar-refractivity contribution < 1.29 is 4.79 Å². The first-order chi connectivity index (χ1) is 10.4. The molecule has 2 rings (SSSR count). The average molecular weight is 307 g/mol. The first-order valence-corrected chi connectivity index (χ1v) is 8.13. The number of anilines is 1. The van der Waals surface area contributed by atoms with Gasteiger partial charge in [-0.05, 0) is 18.8 Å². The molecule has 1 aromatic rings. The monoisotopic (exact) mass is 307 g/mol. The Morgan fingerprint density at radius 3 is 2.59 bits per heavy atom. The minimum absolute atomic E-state index is 0.208. The number of aryl methyl sites for hydroxylation is 1. The van der Waals surface area contributed by atoms with Gasteiger partial charge in [-0.2, -0.15) is 5.10 Å². The molecule has 1 saturated carbocycles. The van der Waals surface area contributed by atoms with Crippen LogP contribution in [0.25, 0.3) is 0 Å². The molecule has 1 aromatic heterocycles. The Kier molecular flexibility index (Phi) is 5.45. The van der Waals surface area contributed by atoms with Crippen molar-refractivity contribution in [3.05, 3.63) is 11.3 Å². The number of amides is 1. The summed E-state index contributed by atoms with van der Waals surface area (Å²) in [6.07, 6.45) is 2.11. The van der Waals surface area contributed by atoms with Gasteiger partial charge in [-0.1, -0.05) is 13.8 Å². The van der Waals surface area contributed by atoms with Gasteiger partial charge in [-0.15, -0.1) is 0 Å². The van der Waals surface area contributed by atoms with Gasteiger partial charge in [0.2, 0.25) is 5.91 Å². The number of nitrogens with one attached hydrogen (secondary N) is 2. The molecule has 0 radical (unpaired) electrons. The van der Waals surface area contributed by atoms with Crippen molar-refractivity contribution in [2.24, 2.45) is 13.0 Å². The van der Waals surface area contributed by atoms with E-state index in [4.69, 9.17) is 0 Å². The second kappa shape index (κ2) is 7.13. The minimum Gasteiger partial charge on any atom is -0.363 e. The van der Waals surface area contributed by atoms with Gasteiger partial charge in [0.05, 0.1) is 5.69 Å². The summed E-state index contributed by atoms with van der Waals surface area (Å²) in [7, 11) is 6.07. The molecule has 1 heterocycles. The van der Waals surface area contributed by atoms with Crippen LogP contribution in [0.15, 0.2) is 0 Å². The number of nitrogens with zero attached hydrogens (tertiary/aromatic N) is 3. The predicted molar refractivity (Wildman–Crippen MR) is 89.1 cm³/mol. The molecule has 22 heavy (non-hydrogen) atoms. The van der Waals surface area contributed by atoms with Gasteiger partial charge in [-0.3, -0.25) is 9.48 Å². The summed E-state index contributed by atoms with van der Waals surface area (Å²) in [5.41, 5.74) is 2.39. The number of hydrogen-bond donors (Lipinski definition) is 2. The smallest absolute Gasteiger partial charge is 0.223 e. The Balaban J connectivity index is 1.88. The summed E-state index contributed by atoms with van der Waals surface area (Å²) in [5, 5.41) is 11.1. The summed E-state index contributed by atoms with van der Waals surface area (Å²) in [5.74, 6) is 2.02. The molecule has 1 fully saturated rings. The summed E-state index contributed by atoms with van der Waals surface area (Å²) in [6.45, 7) is 6.57. The minimum atomic E-state index is 0.208. The standard InChI is InChI=1S/C16H29N5O/c1-11(2)14-13(16(20(3)4)21(5)19-14)10-17-8-9-18-15(22)12-6-7-12/h11-12,17H,6-10H2,1-5H3,(H,18,22).